The zero-order chi connectivity index (χ0) is 32.4. The Hall–Kier alpha value is -2.19. The maximum absolute atomic E-state index is 3.17. The summed E-state index contributed by atoms with van der Waals surface area (Å²) in [5.74, 6) is 1.12. The van der Waals surface area contributed by atoms with Gasteiger partial charge in [0.2, 0.25) is 0 Å². The molecule has 4 aliphatic rings. The third kappa shape index (κ3) is 5.83. The van der Waals surface area contributed by atoms with E-state index < -0.39 is 20.0 Å². The fourth-order valence-corrected chi connectivity index (χ4v) is 46.4. The Morgan fingerprint density at radius 3 is 1.29 bits per heavy atom. The number of hydrogen-bond donors (Lipinski definition) is 0. The summed E-state index contributed by atoms with van der Waals surface area (Å²) in [6.07, 6.45) is 13.6. The van der Waals surface area contributed by atoms with E-state index in [-0.39, 0.29) is 24.8 Å². The summed E-state index contributed by atoms with van der Waals surface area (Å²) in [7, 11) is 0. The summed E-state index contributed by atoms with van der Waals surface area (Å²) in [5.41, 5.74) is 18.6. The van der Waals surface area contributed by atoms with Gasteiger partial charge in [-0.25, -0.2) is 0 Å². The van der Waals surface area contributed by atoms with E-state index in [0.717, 1.165) is 7.35 Å². The zero-order valence-electron chi connectivity index (χ0n) is 30.2. The molecule has 0 radical (unpaired) electrons. The summed E-state index contributed by atoms with van der Waals surface area (Å²) in [6.45, 7) is 14.1. The molecule has 1 saturated carbocycles. The third-order valence-corrected chi connectivity index (χ3v) is 37.7. The molecule has 0 bridgehead atoms. The van der Waals surface area contributed by atoms with E-state index in [2.05, 4.69) is 139 Å². The van der Waals surface area contributed by atoms with Gasteiger partial charge >= 0.3 is 290 Å². The SMILES string of the molecule is CCC1=Cc2c(-c3ccc(C(C)C)cc3)cccc2[CH]1[Hf+2]1([CH]2C(CC)=Cc3c(-c4ccc(C(C)C)cc4)cccc32)[CH]2CCCC[CH]21.[Cl-].[Cl-]. The Morgan fingerprint density at radius 1 is 0.551 bits per heavy atom. The van der Waals surface area contributed by atoms with Crippen molar-refractivity contribution >= 4 is 12.2 Å². The van der Waals surface area contributed by atoms with Crippen LogP contribution in [0.15, 0.2) is 96.1 Å². The minimum atomic E-state index is -3.17. The maximum Gasteiger partial charge on any atom is -1.00 e. The minimum Gasteiger partial charge on any atom is -1.00 e. The van der Waals surface area contributed by atoms with E-state index in [9.17, 15) is 0 Å². The molecule has 254 valence electrons. The molecule has 3 heteroatoms. The smallest absolute Gasteiger partial charge is 1.00 e. The van der Waals surface area contributed by atoms with Crippen molar-refractivity contribution in [1.29, 1.82) is 0 Å². The molecule has 4 atom stereocenters. The Labute approximate surface area is 313 Å². The van der Waals surface area contributed by atoms with Crippen LogP contribution in [0.25, 0.3) is 34.4 Å². The first-order valence-corrected chi connectivity index (χ1v) is 27.0. The maximum atomic E-state index is 2.69. The second-order valence-corrected chi connectivity index (χ2v) is 32.3. The van der Waals surface area contributed by atoms with Crippen molar-refractivity contribution in [2.45, 2.75) is 107 Å². The van der Waals surface area contributed by atoms with Crippen LogP contribution in [0.1, 0.15) is 133 Å². The van der Waals surface area contributed by atoms with Gasteiger partial charge in [0.15, 0.2) is 0 Å². The van der Waals surface area contributed by atoms with Gasteiger partial charge in [0.1, 0.15) is 0 Å². The van der Waals surface area contributed by atoms with Crippen LogP contribution in [0, 0.1) is 0 Å². The summed E-state index contributed by atoms with van der Waals surface area (Å²) in [4.78, 5) is 0. The van der Waals surface area contributed by atoms with Crippen molar-refractivity contribution in [2.75, 3.05) is 0 Å². The molecule has 3 aliphatic carbocycles. The van der Waals surface area contributed by atoms with Crippen molar-refractivity contribution in [3.05, 3.63) is 129 Å². The van der Waals surface area contributed by atoms with Gasteiger partial charge in [0.05, 0.1) is 0 Å². The van der Waals surface area contributed by atoms with Gasteiger partial charge in [-0.05, 0) is 0 Å². The molecule has 49 heavy (non-hydrogen) atoms. The van der Waals surface area contributed by atoms with Crippen molar-refractivity contribution < 1.29 is 44.8 Å². The van der Waals surface area contributed by atoms with Crippen molar-refractivity contribution in [1.82, 2.24) is 0 Å². The summed E-state index contributed by atoms with van der Waals surface area (Å²) >= 11 is -3.17. The van der Waals surface area contributed by atoms with E-state index in [4.69, 9.17) is 0 Å². The van der Waals surface area contributed by atoms with E-state index in [0.29, 0.717) is 19.2 Å². The van der Waals surface area contributed by atoms with Gasteiger partial charge < -0.3 is 24.8 Å². The van der Waals surface area contributed by atoms with Crippen LogP contribution in [0.4, 0.5) is 0 Å². The minimum absolute atomic E-state index is 0. The topological polar surface area (TPSA) is 0 Å². The number of rotatable bonds is 8. The zero-order valence-corrected chi connectivity index (χ0v) is 35.3. The second-order valence-electron chi connectivity index (χ2n) is 15.7. The Morgan fingerprint density at radius 2 is 0.939 bits per heavy atom. The standard InChI is InChI=1S/2C20H21.C6H10.2ClH.Hf/c2*1-4-15-12-18-6-5-7-19(20(18)13-15)17-10-8-16(9-11-17)14(2)3;1-2-4-6-5-3-1;;;/h2*5-14H,4H2,1-3H3;1-2H,3-6H2;2*1H;/q;;;;;+2/p-2. The monoisotopic (exact) mass is 854 g/mol. The fourth-order valence-electron chi connectivity index (χ4n) is 10.6. The van der Waals surface area contributed by atoms with Crippen LogP contribution in [-0.4, -0.2) is 0 Å². The summed E-state index contributed by atoms with van der Waals surface area (Å²) < 4.78 is 3.47. The molecule has 8 rings (SSSR count). The largest absolute Gasteiger partial charge is 1.00 e. The fraction of sp³-hybridized carbons (Fsp3) is 0.391. The van der Waals surface area contributed by atoms with Crippen LogP contribution in [0.5, 0.6) is 0 Å². The number of fused-ring (bicyclic) bond motifs is 3. The van der Waals surface area contributed by atoms with Crippen molar-refractivity contribution in [2.24, 2.45) is 0 Å². The Bertz CT molecular complexity index is 1740. The van der Waals surface area contributed by atoms with Gasteiger partial charge in [-0.3, -0.25) is 0 Å². The normalized spacial score (nSPS) is 23.4. The molecule has 0 spiro atoms. The summed E-state index contributed by atoms with van der Waals surface area (Å²) in [5, 5.41) is 0. The first kappa shape index (κ1) is 36.6. The number of hydrogen-bond acceptors (Lipinski definition) is 0. The predicted molar refractivity (Wildman–Crippen MR) is 200 cm³/mol. The molecule has 0 N–H and O–H groups in total. The number of allylic oxidation sites excluding steroid dienone is 2. The van der Waals surface area contributed by atoms with E-state index in [1.807, 2.05) is 0 Å². The van der Waals surface area contributed by atoms with Gasteiger partial charge in [0, 0.05) is 0 Å². The molecule has 0 amide bonds. The predicted octanol–water partition coefficient (Wildman–Crippen LogP) is 7.99. The molecule has 2 fully saturated rings. The molecule has 4 unspecified atom stereocenters. The number of benzene rings is 4. The molecular formula is C46H52Cl2Hf. The van der Waals surface area contributed by atoms with Crippen molar-refractivity contribution in [3.8, 4) is 22.3 Å². The summed E-state index contributed by atoms with van der Waals surface area (Å²) in [6, 6.07) is 33.7. The molecule has 1 aliphatic heterocycles. The average molecular weight is 854 g/mol. The van der Waals surface area contributed by atoms with Crippen molar-refractivity contribution in [3.63, 3.8) is 0 Å². The molecular weight excluding hydrogens is 802 g/mol. The quantitative estimate of drug-likeness (QED) is 0.158. The van der Waals surface area contributed by atoms with Gasteiger partial charge in [0.25, 0.3) is 0 Å². The Balaban J connectivity index is 0.00000208. The van der Waals surface area contributed by atoms with Crippen LogP contribution >= 0.6 is 0 Å². The molecule has 4 aromatic carbocycles. The molecule has 0 aromatic heterocycles. The third-order valence-electron chi connectivity index (χ3n) is 12.8. The van der Waals surface area contributed by atoms with Crippen LogP contribution in [-0.2, 0) is 20.0 Å². The molecule has 4 aromatic rings. The molecule has 1 saturated heterocycles. The van der Waals surface area contributed by atoms with Gasteiger partial charge in [-0.15, -0.1) is 0 Å². The number of halogens is 2. The first-order chi connectivity index (χ1) is 22.9. The van der Waals surface area contributed by atoms with E-state index in [1.54, 1.807) is 33.4 Å². The van der Waals surface area contributed by atoms with Crippen LogP contribution < -0.4 is 24.8 Å². The van der Waals surface area contributed by atoms with Gasteiger partial charge in [-0.1, -0.05) is 0 Å². The molecule has 1 heterocycles. The molecule has 0 nitrogen and oxygen atoms in total. The van der Waals surface area contributed by atoms with E-state index >= 15 is 0 Å². The average Bonchev–Trinajstić information content (AvgIpc) is 3.37. The first-order valence-electron chi connectivity index (χ1n) is 18.8. The Kier molecular flexibility index (Phi) is 10.8. The second kappa shape index (κ2) is 14.4. The van der Waals surface area contributed by atoms with E-state index in [1.165, 1.54) is 71.9 Å². The van der Waals surface area contributed by atoms with Gasteiger partial charge in [-0.2, -0.15) is 0 Å². The van der Waals surface area contributed by atoms with Crippen LogP contribution in [0.2, 0.25) is 7.35 Å². The van der Waals surface area contributed by atoms with Crippen LogP contribution in [0.3, 0.4) is 0 Å².